The van der Waals surface area contributed by atoms with E-state index in [9.17, 15) is 4.79 Å². The van der Waals surface area contributed by atoms with Crippen LogP contribution in [0.15, 0.2) is 32.2 Å². The van der Waals surface area contributed by atoms with Crippen molar-refractivity contribution >= 4 is 40.8 Å². The number of thiazole rings is 1. The summed E-state index contributed by atoms with van der Waals surface area (Å²) in [7, 11) is 0. The molecule has 0 aromatic carbocycles. The van der Waals surface area contributed by atoms with E-state index in [2.05, 4.69) is 15.0 Å². The van der Waals surface area contributed by atoms with Gasteiger partial charge in [0.1, 0.15) is 16.4 Å². The maximum Gasteiger partial charge on any atom is 0.309 e. The van der Waals surface area contributed by atoms with E-state index in [1.165, 1.54) is 29.4 Å². The molecule has 5 nitrogen and oxygen atoms in total. The second-order valence-electron chi connectivity index (χ2n) is 3.18. The predicted octanol–water partition coefficient (Wildman–Crippen LogP) is 2.43. The third-order valence-corrected chi connectivity index (χ3v) is 4.44. The van der Waals surface area contributed by atoms with Gasteiger partial charge in [0.25, 0.3) is 0 Å². The van der Waals surface area contributed by atoms with Gasteiger partial charge < -0.3 is 5.11 Å². The molecule has 18 heavy (non-hydrogen) atoms. The highest BCUT2D eigenvalue weighted by molar-refractivity contribution is 8.01. The summed E-state index contributed by atoms with van der Waals surface area (Å²) >= 11 is 4.38. The molecule has 0 bridgehead atoms. The molecular weight excluding hydrogens is 290 g/mol. The summed E-state index contributed by atoms with van der Waals surface area (Å²) in [6, 6.07) is 1.88. The Morgan fingerprint density at radius 2 is 2.22 bits per heavy atom. The first-order valence-corrected chi connectivity index (χ1v) is 7.79. The van der Waals surface area contributed by atoms with Crippen LogP contribution < -0.4 is 0 Å². The number of carboxylic acid groups (broad SMARTS) is 1. The van der Waals surface area contributed by atoms with Gasteiger partial charge in [-0.3, -0.25) is 4.79 Å². The molecule has 0 amide bonds. The minimum Gasteiger partial charge on any atom is -0.481 e. The molecule has 0 aliphatic heterocycles. The average Bonchev–Trinajstić information content (AvgIpc) is 2.76. The van der Waals surface area contributed by atoms with Crippen LogP contribution in [0.3, 0.4) is 0 Å². The maximum atomic E-state index is 10.6. The molecular formula is C10H9N3O2S3. The Morgan fingerprint density at radius 1 is 1.44 bits per heavy atom. The summed E-state index contributed by atoms with van der Waals surface area (Å²) < 4.78 is 0.789. The van der Waals surface area contributed by atoms with Crippen molar-refractivity contribution in [2.75, 3.05) is 6.26 Å². The van der Waals surface area contributed by atoms with Crippen molar-refractivity contribution in [2.45, 2.75) is 20.8 Å². The predicted molar refractivity (Wildman–Crippen MR) is 71.4 cm³/mol. The number of hydrogen-bond donors (Lipinski definition) is 1. The summed E-state index contributed by atoms with van der Waals surface area (Å²) in [5, 5.41) is 12.1. The Morgan fingerprint density at radius 3 is 2.94 bits per heavy atom. The summed E-state index contributed by atoms with van der Waals surface area (Å²) in [4.78, 5) is 23.0. The van der Waals surface area contributed by atoms with Crippen molar-refractivity contribution in [3.05, 3.63) is 23.5 Å². The largest absolute Gasteiger partial charge is 0.481 e. The molecule has 0 unspecified atom stereocenters. The monoisotopic (exact) mass is 299 g/mol. The molecule has 0 saturated heterocycles. The molecule has 0 aliphatic carbocycles. The fraction of sp³-hybridized carbons (Fsp3) is 0.200. The van der Waals surface area contributed by atoms with Crippen LogP contribution in [0.4, 0.5) is 0 Å². The molecule has 2 heterocycles. The minimum atomic E-state index is -0.872. The van der Waals surface area contributed by atoms with E-state index in [0.717, 1.165) is 14.4 Å². The highest BCUT2D eigenvalue weighted by Crippen LogP contribution is 2.30. The second kappa shape index (κ2) is 6.17. The third-order valence-electron chi connectivity index (χ3n) is 1.88. The van der Waals surface area contributed by atoms with Crippen molar-refractivity contribution in [2.24, 2.45) is 0 Å². The lowest BCUT2D eigenvalue weighted by atomic mass is 10.3. The van der Waals surface area contributed by atoms with E-state index < -0.39 is 5.97 Å². The fourth-order valence-corrected chi connectivity index (χ4v) is 3.36. The first-order chi connectivity index (χ1) is 8.67. The Labute approximate surface area is 116 Å². The van der Waals surface area contributed by atoms with Crippen LogP contribution in [0.1, 0.15) is 5.69 Å². The molecule has 0 atom stereocenters. The van der Waals surface area contributed by atoms with Crippen molar-refractivity contribution in [3.63, 3.8) is 0 Å². The van der Waals surface area contributed by atoms with E-state index in [4.69, 9.17) is 5.11 Å². The Hall–Kier alpha value is -1.12. The summed E-state index contributed by atoms with van der Waals surface area (Å²) in [6.45, 7) is 0. The number of aliphatic carboxylic acids is 1. The molecule has 0 radical (unpaired) electrons. The number of aromatic nitrogens is 3. The zero-order valence-electron chi connectivity index (χ0n) is 9.36. The van der Waals surface area contributed by atoms with Crippen LogP contribution >= 0.6 is 34.9 Å². The van der Waals surface area contributed by atoms with E-state index in [1.807, 2.05) is 12.3 Å². The third kappa shape index (κ3) is 3.69. The number of carbonyl (C=O) groups is 1. The van der Waals surface area contributed by atoms with Gasteiger partial charge in [0.05, 0.1) is 12.1 Å². The van der Waals surface area contributed by atoms with Crippen LogP contribution in [0, 0.1) is 0 Å². The molecule has 0 saturated carbocycles. The number of hydrogen-bond acceptors (Lipinski definition) is 7. The van der Waals surface area contributed by atoms with Crippen LogP contribution in [-0.2, 0) is 11.2 Å². The molecule has 1 N–H and O–H groups in total. The molecule has 2 aromatic heterocycles. The fourth-order valence-electron chi connectivity index (χ4n) is 1.15. The maximum absolute atomic E-state index is 10.6. The summed E-state index contributed by atoms with van der Waals surface area (Å²) in [5.74, 6) is -0.872. The molecule has 0 fully saturated rings. The number of thioether (sulfide) groups is 1. The smallest absolute Gasteiger partial charge is 0.309 e. The van der Waals surface area contributed by atoms with E-state index >= 15 is 0 Å². The van der Waals surface area contributed by atoms with Gasteiger partial charge in [-0.15, -0.1) is 23.1 Å². The van der Waals surface area contributed by atoms with Crippen LogP contribution in [0.2, 0.25) is 0 Å². The van der Waals surface area contributed by atoms with Crippen molar-refractivity contribution in [1.29, 1.82) is 0 Å². The quantitative estimate of drug-likeness (QED) is 0.671. The zero-order valence-corrected chi connectivity index (χ0v) is 11.8. The molecule has 0 spiro atoms. The van der Waals surface area contributed by atoms with Gasteiger partial charge in [-0.2, -0.15) is 0 Å². The van der Waals surface area contributed by atoms with Gasteiger partial charge >= 0.3 is 5.97 Å². The van der Waals surface area contributed by atoms with E-state index in [0.29, 0.717) is 5.69 Å². The van der Waals surface area contributed by atoms with Gasteiger partial charge in [0.15, 0.2) is 4.34 Å². The lowest BCUT2D eigenvalue weighted by Crippen LogP contribution is -1.99. The molecule has 2 aromatic rings. The Balaban J connectivity index is 2.08. The Bertz CT molecular complexity index is 559. The standard InChI is InChI=1S/C10H9N3O2S3/c1-16-7-3-8(12-5-11-7)18-10-13-6(4-17-10)2-9(14)15/h3-5H,2H2,1H3,(H,14,15). The van der Waals surface area contributed by atoms with Crippen molar-refractivity contribution in [1.82, 2.24) is 15.0 Å². The normalized spacial score (nSPS) is 10.5. The van der Waals surface area contributed by atoms with E-state index in [-0.39, 0.29) is 6.42 Å². The summed E-state index contributed by atoms with van der Waals surface area (Å²) in [6.07, 6.45) is 3.42. The molecule has 0 aliphatic rings. The van der Waals surface area contributed by atoms with Crippen molar-refractivity contribution in [3.8, 4) is 0 Å². The molecule has 8 heteroatoms. The first kappa shape index (κ1) is 13.3. The summed E-state index contributed by atoms with van der Waals surface area (Å²) in [5.41, 5.74) is 0.578. The van der Waals surface area contributed by atoms with Crippen LogP contribution in [-0.4, -0.2) is 32.3 Å². The van der Waals surface area contributed by atoms with Gasteiger partial charge in [-0.25, -0.2) is 15.0 Å². The molecule has 94 valence electrons. The minimum absolute atomic E-state index is 0.0447. The molecule has 2 rings (SSSR count). The van der Waals surface area contributed by atoms with Gasteiger partial charge in [-0.1, -0.05) is 0 Å². The topological polar surface area (TPSA) is 76.0 Å². The van der Waals surface area contributed by atoms with Gasteiger partial charge in [0.2, 0.25) is 0 Å². The highest BCUT2D eigenvalue weighted by atomic mass is 32.2. The van der Waals surface area contributed by atoms with Crippen LogP contribution in [0.25, 0.3) is 0 Å². The Kier molecular flexibility index (Phi) is 4.56. The number of nitrogens with zero attached hydrogens (tertiary/aromatic N) is 3. The van der Waals surface area contributed by atoms with Crippen LogP contribution in [0.5, 0.6) is 0 Å². The lowest BCUT2D eigenvalue weighted by molar-refractivity contribution is -0.136. The number of rotatable bonds is 5. The number of carboxylic acids is 1. The lowest BCUT2D eigenvalue weighted by Gasteiger charge is -1.98. The van der Waals surface area contributed by atoms with Crippen molar-refractivity contribution < 1.29 is 9.90 Å². The van der Waals surface area contributed by atoms with Gasteiger partial charge in [-0.05, 0) is 18.0 Å². The average molecular weight is 299 g/mol. The first-order valence-electron chi connectivity index (χ1n) is 4.87. The SMILES string of the molecule is CSc1cc(Sc2nc(CC(=O)O)cs2)ncn1. The second-order valence-corrected chi connectivity index (χ2v) is 6.13. The van der Waals surface area contributed by atoms with Gasteiger partial charge in [0, 0.05) is 11.4 Å². The van der Waals surface area contributed by atoms with E-state index in [1.54, 1.807) is 17.1 Å². The zero-order chi connectivity index (χ0) is 13.0. The highest BCUT2D eigenvalue weighted by Gasteiger charge is 2.08.